The molecule has 7 heteroatoms. The summed E-state index contributed by atoms with van der Waals surface area (Å²) in [7, 11) is -0.461. The first-order valence-corrected chi connectivity index (χ1v) is 9.19. The number of benzene rings is 2. The van der Waals surface area contributed by atoms with Crippen molar-refractivity contribution in [2.45, 2.75) is 11.4 Å². The molecule has 1 aromatic heterocycles. The van der Waals surface area contributed by atoms with Crippen molar-refractivity contribution < 1.29 is 13.2 Å². The fourth-order valence-electron chi connectivity index (χ4n) is 2.51. The van der Waals surface area contributed by atoms with Crippen molar-refractivity contribution in [3.63, 3.8) is 0 Å². The zero-order valence-corrected chi connectivity index (χ0v) is 14.8. The quantitative estimate of drug-likeness (QED) is 0.780. The maximum Gasteiger partial charge on any atom is 0.326 e. The molecule has 0 spiro atoms. The number of nitrogens with one attached hydrogen (secondary N) is 1. The Kier molecular flexibility index (Phi) is 4.61. The van der Waals surface area contributed by atoms with E-state index in [0.29, 0.717) is 6.54 Å². The van der Waals surface area contributed by atoms with Crippen molar-refractivity contribution in [2.75, 3.05) is 14.1 Å². The molecule has 25 heavy (non-hydrogen) atoms. The van der Waals surface area contributed by atoms with Crippen LogP contribution in [0.4, 0.5) is 4.79 Å². The second-order valence-electron chi connectivity index (χ2n) is 5.83. The molecule has 0 unspecified atom stereocenters. The molecule has 3 rings (SSSR count). The number of amides is 1. The third-order valence-electron chi connectivity index (χ3n) is 3.96. The molecule has 0 radical (unpaired) electrons. The van der Waals surface area contributed by atoms with E-state index in [1.807, 2.05) is 30.3 Å². The second-order valence-corrected chi connectivity index (χ2v) is 7.99. The van der Waals surface area contributed by atoms with Crippen molar-refractivity contribution in [2.24, 2.45) is 0 Å². The highest BCUT2D eigenvalue weighted by atomic mass is 32.2. The van der Waals surface area contributed by atoms with Crippen LogP contribution in [0.3, 0.4) is 0 Å². The van der Waals surface area contributed by atoms with E-state index in [0.717, 1.165) is 16.5 Å². The number of carbonyl (C=O) groups excluding carboxylic acids is 1. The normalized spacial score (nSPS) is 11.8. The molecule has 0 aliphatic heterocycles. The number of hydrogen-bond acceptors (Lipinski definition) is 3. The molecule has 0 aliphatic rings. The monoisotopic (exact) mass is 357 g/mol. The molecule has 3 aromatic rings. The maximum atomic E-state index is 12.4. The Bertz CT molecular complexity index is 1010. The van der Waals surface area contributed by atoms with Gasteiger partial charge in [0.15, 0.2) is 0 Å². The van der Waals surface area contributed by atoms with E-state index in [1.54, 1.807) is 35.0 Å². The molecule has 1 heterocycles. The lowest BCUT2D eigenvalue weighted by Crippen LogP contribution is -2.27. The predicted octanol–water partition coefficient (Wildman–Crippen LogP) is 2.65. The lowest BCUT2D eigenvalue weighted by molar-refractivity contribution is 0.243. The van der Waals surface area contributed by atoms with Gasteiger partial charge in [-0.3, -0.25) is 4.57 Å². The summed E-state index contributed by atoms with van der Waals surface area (Å²) < 4.78 is 26.8. The first-order valence-electron chi connectivity index (χ1n) is 7.75. The van der Waals surface area contributed by atoms with Crippen LogP contribution < -0.4 is 5.32 Å². The fraction of sp³-hybridized carbons (Fsp3) is 0.167. The number of hydrogen-bond donors (Lipinski definition) is 1. The summed E-state index contributed by atoms with van der Waals surface area (Å²) in [5.74, 6) is 0. The van der Waals surface area contributed by atoms with Crippen LogP contribution in [0, 0.1) is 0 Å². The number of fused-ring (bicyclic) bond motifs is 1. The molecule has 130 valence electrons. The molecule has 1 N–H and O–H groups in total. The van der Waals surface area contributed by atoms with E-state index in [2.05, 4.69) is 5.32 Å². The Balaban J connectivity index is 1.70. The standard InChI is InChI=1S/C18H19N3O3S/c1-20(2)25(23,24)16-9-7-14(8-10-16)13-19-18(22)21-12-11-15-5-3-4-6-17(15)21/h3-12H,13H2,1-2H3,(H,19,22). The fourth-order valence-corrected chi connectivity index (χ4v) is 3.41. The van der Waals surface area contributed by atoms with Gasteiger partial charge in [0.25, 0.3) is 0 Å². The average molecular weight is 357 g/mol. The topological polar surface area (TPSA) is 71.4 Å². The van der Waals surface area contributed by atoms with Crippen LogP contribution in [0.5, 0.6) is 0 Å². The van der Waals surface area contributed by atoms with E-state index < -0.39 is 10.0 Å². The van der Waals surface area contributed by atoms with Crippen LogP contribution in [-0.2, 0) is 16.6 Å². The summed E-state index contributed by atoms with van der Waals surface area (Å²) in [5.41, 5.74) is 1.66. The molecule has 0 aliphatic carbocycles. The van der Waals surface area contributed by atoms with Crippen molar-refractivity contribution in [3.05, 3.63) is 66.4 Å². The highest BCUT2D eigenvalue weighted by Crippen LogP contribution is 2.16. The molecule has 0 saturated carbocycles. The van der Waals surface area contributed by atoms with E-state index >= 15 is 0 Å². The Labute approximate surface area is 146 Å². The van der Waals surface area contributed by atoms with Gasteiger partial charge in [0.05, 0.1) is 10.4 Å². The number of sulfonamides is 1. The molecule has 2 aromatic carbocycles. The summed E-state index contributed by atoms with van der Waals surface area (Å²) in [6.07, 6.45) is 1.73. The number of nitrogens with zero attached hydrogens (tertiary/aromatic N) is 2. The maximum absolute atomic E-state index is 12.4. The molecule has 0 atom stereocenters. The van der Waals surface area contributed by atoms with E-state index in [9.17, 15) is 13.2 Å². The minimum Gasteiger partial charge on any atom is -0.333 e. The molecular weight excluding hydrogens is 338 g/mol. The van der Waals surface area contributed by atoms with Gasteiger partial charge in [-0.25, -0.2) is 17.5 Å². The van der Waals surface area contributed by atoms with Gasteiger partial charge in [-0.1, -0.05) is 30.3 Å². The summed E-state index contributed by atoms with van der Waals surface area (Å²) in [6, 6.07) is 15.8. The van der Waals surface area contributed by atoms with Gasteiger partial charge in [-0.15, -0.1) is 0 Å². The van der Waals surface area contributed by atoms with E-state index in [4.69, 9.17) is 0 Å². The van der Waals surface area contributed by atoms with Crippen LogP contribution >= 0.6 is 0 Å². The van der Waals surface area contributed by atoms with Crippen molar-refractivity contribution in [1.29, 1.82) is 0 Å². The van der Waals surface area contributed by atoms with Gasteiger partial charge >= 0.3 is 6.03 Å². The van der Waals surface area contributed by atoms with Gasteiger partial charge in [-0.2, -0.15) is 0 Å². The molecule has 0 fully saturated rings. The second kappa shape index (κ2) is 6.70. The van der Waals surface area contributed by atoms with Crippen LogP contribution in [-0.4, -0.2) is 37.4 Å². The molecule has 0 bridgehead atoms. The number of para-hydroxylation sites is 1. The minimum absolute atomic E-state index is 0.226. The van der Waals surface area contributed by atoms with Crippen molar-refractivity contribution >= 4 is 27.0 Å². The summed E-state index contributed by atoms with van der Waals surface area (Å²) in [4.78, 5) is 12.6. The highest BCUT2D eigenvalue weighted by Gasteiger charge is 2.16. The highest BCUT2D eigenvalue weighted by molar-refractivity contribution is 7.89. The number of carbonyl (C=O) groups is 1. The Hall–Kier alpha value is -2.64. The van der Waals surface area contributed by atoms with Gasteiger partial charge in [0.1, 0.15) is 0 Å². The number of aromatic nitrogens is 1. The van der Waals surface area contributed by atoms with Gasteiger partial charge < -0.3 is 5.32 Å². The number of rotatable bonds is 4. The molecule has 1 amide bonds. The van der Waals surface area contributed by atoms with Crippen molar-refractivity contribution in [3.8, 4) is 0 Å². The Morgan fingerprint density at radius 3 is 2.40 bits per heavy atom. The molecular formula is C18H19N3O3S. The average Bonchev–Trinajstić information content (AvgIpc) is 3.04. The van der Waals surface area contributed by atoms with E-state index in [-0.39, 0.29) is 10.9 Å². The largest absolute Gasteiger partial charge is 0.333 e. The SMILES string of the molecule is CN(C)S(=O)(=O)c1ccc(CNC(=O)n2ccc3ccccc32)cc1. The Morgan fingerprint density at radius 1 is 1.04 bits per heavy atom. The smallest absolute Gasteiger partial charge is 0.326 e. The van der Waals surface area contributed by atoms with Crippen molar-refractivity contribution in [1.82, 2.24) is 14.2 Å². The molecule has 6 nitrogen and oxygen atoms in total. The van der Waals surface area contributed by atoms with Gasteiger partial charge in [0, 0.05) is 32.2 Å². The minimum atomic E-state index is -3.44. The van der Waals surface area contributed by atoms with Crippen LogP contribution in [0.25, 0.3) is 10.9 Å². The zero-order valence-electron chi connectivity index (χ0n) is 14.0. The Morgan fingerprint density at radius 2 is 1.72 bits per heavy atom. The molecule has 0 saturated heterocycles. The third-order valence-corrected chi connectivity index (χ3v) is 5.79. The zero-order chi connectivity index (χ0) is 18.0. The van der Waals surface area contributed by atoms with Crippen LogP contribution in [0.2, 0.25) is 0 Å². The predicted molar refractivity (Wildman–Crippen MR) is 96.9 cm³/mol. The van der Waals surface area contributed by atoms with E-state index in [1.165, 1.54) is 18.4 Å². The van der Waals surface area contributed by atoms with Crippen LogP contribution in [0.15, 0.2) is 65.7 Å². The van der Waals surface area contributed by atoms with Crippen LogP contribution in [0.1, 0.15) is 5.56 Å². The third kappa shape index (κ3) is 3.42. The summed E-state index contributed by atoms with van der Waals surface area (Å²) >= 11 is 0. The lowest BCUT2D eigenvalue weighted by Gasteiger charge is -2.12. The summed E-state index contributed by atoms with van der Waals surface area (Å²) in [6.45, 7) is 0.313. The van der Waals surface area contributed by atoms with Gasteiger partial charge in [0.2, 0.25) is 10.0 Å². The first kappa shape index (κ1) is 17.2. The first-order chi connectivity index (χ1) is 11.9. The lowest BCUT2D eigenvalue weighted by atomic mass is 10.2. The van der Waals surface area contributed by atoms with Gasteiger partial charge in [-0.05, 0) is 29.8 Å². The summed E-state index contributed by atoms with van der Waals surface area (Å²) in [5, 5.41) is 3.83.